The van der Waals surface area contributed by atoms with Gasteiger partial charge >= 0.3 is 0 Å². The van der Waals surface area contributed by atoms with Crippen LogP contribution in [0.2, 0.25) is 0 Å². The van der Waals surface area contributed by atoms with Gasteiger partial charge in [-0.05, 0) is 30.7 Å². The van der Waals surface area contributed by atoms with Crippen molar-refractivity contribution in [2.45, 2.75) is 19.4 Å². The minimum absolute atomic E-state index is 0.128. The molecule has 1 aliphatic rings. The van der Waals surface area contributed by atoms with E-state index < -0.39 is 0 Å². The van der Waals surface area contributed by atoms with E-state index >= 15 is 0 Å². The summed E-state index contributed by atoms with van der Waals surface area (Å²) in [6, 6.07) is 5.07. The standard InChI is InChI=1S/C13H19FN2S/c1-10(15)11-4-2-5-12(14)13(11)16-6-3-8-17-9-7-16/h2,4-5,10H,3,6-9,15H2,1H3/t10-/m1/s1. The molecule has 1 aromatic rings. The van der Waals surface area contributed by atoms with Gasteiger partial charge in [0.15, 0.2) is 0 Å². The van der Waals surface area contributed by atoms with E-state index in [4.69, 9.17) is 5.73 Å². The summed E-state index contributed by atoms with van der Waals surface area (Å²) in [5.74, 6) is 2.08. The highest BCUT2D eigenvalue weighted by Crippen LogP contribution is 2.29. The van der Waals surface area contributed by atoms with Crippen LogP contribution in [0.3, 0.4) is 0 Å². The molecule has 0 spiro atoms. The fourth-order valence-corrected chi connectivity index (χ4v) is 3.09. The van der Waals surface area contributed by atoms with E-state index in [1.54, 1.807) is 6.07 Å². The van der Waals surface area contributed by atoms with Crippen LogP contribution in [0.1, 0.15) is 24.9 Å². The van der Waals surface area contributed by atoms with Gasteiger partial charge in [0.2, 0.25) is 0 Å². The van der Waals surface area contributed by atoms with Gasteiger partial charge in [0, 0.05) is 24.9 Å². The molecule has 2 N–H and O–H groups in total. The van der Waals surface area contributed by atoms with Crippen molar-refractivity contribution in [3.63, 3.8) is 0 Å². The fraction of sp³-hybridized carbons (Fsp3) is 0.538. The summed E-state index contributed by atoms with van der Waals surface area (Å²) in [4.78, 5) is 2.15. The Morgan fingerprint density at radius 1 is 1.35 bits per heavy atom. The van der Waals surface area contributed by atoms with Gasteiger partial charge < -0.3 is 10.6 Å². The molecule has 94 valence electrons. The number of thioether (sulfide) groups is 1. The van der Waals surface area contributed by atoms with Crippen molar-refractivity contribution < 1.29 is 4.39 Å². The van der Waals surface area contributed by atoms with Crippen molar-refractivity contribution in [3.8, 4) is 0 Å². The van der Waals surface area contributed by atoms with Crippen LogP contribution in [0.5, 0.6) is 0 Å². The Kier molecular flexibility index (Phi) is 4.29. The number of nitrogens with zero attached hydrogens (tertiary/aromatic N) is 1. The summed E-state index contributed by atoms with van der Waals surface area (Å²) < 4.78 is 14.0. The van der Waals surface area contributed by atoms with E-state index in [0.29, 0.717) is 5.69 Å². The molecule has 0 radical (unpaired) electrons. The number of halogens is 1. The molecule has 2 nitrogen and oxygen atoms in total. The first-order chi connectivity index (χ1) is 8.20. The second kappa shape index (κ2) is 5.74. The van der Waals surface area contributed by atoms with Crippen LogP contribution in [0.15, 0.2) is 18.2 Å². The smallest absolute Gasteiger partial charge is 0.146 e. The molecule has 17 heavy (non-hydrogen) atoms. The van der Waals surface area contributed by atoms with Gasteiger partial charge in [-0.1, -0.05) is 12.1 Å². The van der Waals surface area contributed by atoms with Crippen LogP contribution in [0.4, 0.5) is 10.1 Å². The first kappa shape index (κ1) is 12.7. The molecule has 0 aliphatic carbocycles. The maximum Gasteiger partial charge on any atom is 0.146 e. The Balaban J connectivity index is 2.34. The Bertz CT molecular complexity index is 374. The van der Waals surface area contributed by atoms with E-state index in [0.717, 1.165) is 30.8 Å². The van der Waals surface area contributed by atoms with E-state index in [9.17, 15) is 4.39 Å². The molecule has 4 heteroatoms. The summed E-state index contributed by atoms with van der Waals surface area (Å²) in [5.41, 5.74) is 7.56. The van der Waals surface area contributed by atoms with E-state index in [1.807, 2.05) is 24.8 Å². The first-order valence-electron chi connectivity index (χ1n) is 6.07. The Morgan fingerprint density at radius 3 is 2.94 bits per heavy atom. The van der Waals surface area contributed by atoms with Gasteiger partial charge in [-0.25, -0.2) is 4.39 Å². The highest BCUT2D eigenvalue weighted by atomic mass is 32.2. The first-order valence-corrected chi connectivity index (χ1v) is 7.22. The summed E-state index contributed by atoms with van der Waals surface area (Å²) in [6.45, 7) is 3.74. The molecule has 0 bridgehead atoms. The van der Waals surface area contributed by atoms with E-state index in [1.165, 1.54) is 11.8 Å². The average Bonchev–Trinajstić information content (AvgIpc) is 2.57. The zero-order valence-corrected chi connectivity index (χ0v) is 11.0. The van der Waals surface area contributed by atoms with Gasteiger partial charge in [-0.2, -0.15) is 11.8 Å². The van der Waals surface area contributed by atoms with E-state index in [-0.39, 0.29) is 11.9 Å². The molecule has 1 heterocycles. The topological polar surface area (TPSA) is 29.3 Å². The van der Waals surface area contributed by atoms with Crippen LogP contribution in [0.25, 0.3) is 0 Å². The van der Waals surface area contributed by atoms with Crippen molar-refractivity contribution in [2.75, 3.05) is 29.5 Å². The lowest BCUT2D eigenvalue weighted by molar-refractivity contribution is 0.612. The van der Waals surface area contributed by atoms with Crippen LogP contribution < -0.4 is 10.6 Å². The van der Waals surface area contributed by atoms with E-state index in [2.05, 4.69) is 4.90 Å². The monoisotopic (exact) mass is 254 g/mol. The quantitative estimate of drug-likeness (QED) is 0.880. The molecule has 0 unspecified atom stereocenters. The molecule has 0 aromatic heterocycles. The van der Waals surface area contributed by atoms with Gasteiger partial charge in [-0.15, -0.1) is 0 Å². The SMILES string of the molecule is C[C@@H](N)c1cccc(F)c1N1CCCSCC1. The number of hydrogen-bond acceptors (Lipinski definition) is 3. The normalized spacial score (nSPS) is 18.9. The van der Waals surface area contributed by atoms with Gasteiger partial charge in [0.05, 0.1) is 5.69 Å². The fourth-order valence-electron chi connectivity index (χ4n) is 2.20. The summed E-state index contributed by atoms with van der Waals surface area (Å²) in [5, 5.41) is 0. The number of nitrogens with two attached hydrogens (primary N) is 1. The second-order valence-electron chi connectivity index (χ2n) is 4.42. The maximum absolute atomic E-state index is 14.0. The van der Waals surface area contributed by atoms with Gasteiger partial charge in [-0.3, -0.25) is 0 Å². The van der Waals surface area contributed by atoms with Crippen molar-refractivity contribution in [1.29, 1.82) is 0 Å². The van der Waals surface area contributed by atoms with Gasteiger partial charge in [0.25, 0.3) is 0 Å². The molecule has 0 saturated carbocycles. The molecular weight excluding hydrogens is 235 g/mol. The van der Waals surface area contributed by atoms with Crippen LogP contribution in [0, 0.1) is 5.82 Å². The molecule has 2 rings (SSSR count). The highest BCUT2D eigenvalue weighted by Gasteiger charge is 2.19. The third-order valence-corrected chi connectivity index (χ3v) is 4.10. The second-order valence-corrected chi connectivity index (χ2v) is 5.64. The Labute approximate surface area is 106 Å². The van der Waals surface area contributed by atoms with Crippen LogP contribution in [-0.2, 0) is 0 Å². The Hall–Kier alpha value is -0.740. The van der Waals surface area contributed by atoms with Crippen molar-refractivity contribution in [2.24, 2.45) is 5.73 Å². The summed E-state index contributed by atoms with van der Waals surface area (Å²) in [6.07, 6.45) is 1.11. The summed E-state index contributed by atoms with van der Waals surface area (Å²) >= 11 is 1.94. The van der Waals surface area contributed by atoms with Crippen molar-refractivity contribution in [3.05, 3.63) is 29.6 Å². The molecule has 0 amide bonds. The number of rotatable bonds is 2. The number of hydrogen-bond donors (Lipinski definition) is 1. The Morgan fingerprint density at radius 2 is 2.18 bits per heavy atom. The largest absolute Gasteiger partial charge is 0.368 e. The van der Waals surface area contributed by atoms with Crippen LogP contribution >= 0.6 is 11.8 Å². The zero-order valence-electron chi connectivity index (χ0n) is 10.2. The summed E-state index contributed by atoms with van der Waals surface area (Å²) in [7, 11) is 0. The van der Waals surface area contributed by atoms with Gasteiger partial charge in [0.1, 0.15) is 5.82 Å². The maximum atomic E-state index is 14.0. The average molecular weight is 254 g/mol. The minimum Gasteiger partial charge on any atom is -0.368 e. The van der Waals surface area contributed by atoms with Crippen molar-refractivity contribution in [1.82, 2.24) is 0 Å². The minimum atomic E-state index is -0.147. The third kappa shape index (κ3) is 2.93. The molecule has 1 aliphatic heterocycles. The molecular formula is C13H19FN2S. The number of para-hydroxylation sites is 1. The number of benzene rings is 1. The zero-order chi connectivity index (χ0) is 12.3. The van der Waals surface area contributed by atoms with Crippen LogP contribution in [-0.4, -0.2) is 24.6 Å². The molecule has 1 fully saturated rings. The lowest BCUT2D eigenvalue weighted by atomic mass is 10.1. The predicted octanol–water partition coefficient (Wildman–Crippen LogP) is 2.79. The number of anilines is 1. The molecule has 1 saturated heterocycles. The highest BCUT2D eigenvalue weighted by molar-refractivity contribution is 7.99. The lowest BCUT2D eigenvalue weighted by Crippen LogP contribution is -2.28. The molecule has 1 atom stereocenters. The predicted molar refractivity (Wildman–Crippen MR) is 73.2 cm³/mol. The lowest BCUT2D eigenvalue weighted by Gasteiger charge is -2.26. The van der Waals surface area contributed by atoms with Crippen molar-refractivity contribution >= 4 is 17.4 Å². The molecule has 1 aromatic carbocycles. The third-order valence-electron chi connectivity index (χ3n) is 3.05.